The minimum absolute atomic E-state index is 0.0487. The Bertz CT molecular complexity index is 411. The number of aliphatic hydroxyl groups excluding tert-OH is 1. The summed E-state index contributed by atoms with van der Waals surface area (Å²) in [6.07, 6.45) is 4.62. The Hall–Kier alpha value is -0.900. The van der Waals surface area contributed by atoms with Crippen molar-refractivity contribution in [2.45, 2.75) is 91.8 Å². The molecule has 0 saturated carbocycles. The molecule has 1 fully saturated rings. The molecule has 140 valence electrons. The summed E-state index contributed by atoms with van der Waals surface area (Å²) in [5, 5.41) is 10.9. The van der Waals surface area contributed by atoms with E-state index in [9.17, 15) is 5.11 Å². The second-order valence-corrected chi connectivity index (χ2v) is 7.03. The lowest BCUT2D eigenvalue weighted by Crippen LogP contribution is -2.56. The molecule has 0 amide bonds. The van der Waals surface area contributed by atoms with Crippen molar-refractivity contribution in [3.05, 3.63) is 37.0 Å². The molecule has 0 aliphatic carbocycles. The predicted molar refractivity (Wildman–Crippen MR) is 103 cm³/mol. The van der Waals surface area contributed by atoms with Gasteiger partial charge in [0.05, 0.1) is 12.2 Å². The van der Waals surface area contributed by atoms with Crippen LogP contribution in [0.5, 0.6) is 0 Å². The van der Waals surface area contributed by atoms with Crippen molar-refractivity contribution in [1.29, 1.82) is 0 Å². The highest BCUT2D eigenvalue weighted by Crippen LogP contribution is 2.41. The zero-order valence-corrected chi connectivity index (χ0v) is 16.6. The van der Waals surface area contributed by atoms with Gasteiger partial charge in [0.25, 0.3) is 0 Å². The van der Waals surface area contributed by atoms with Crippen molar-refractivity contribution in [3.63, 3.8) is 0 Å². The number of hydrogen-bond donors (Lipinski definition) is 1. The largest absolute Gasteiger partial charge is 0.386 e. The maximum Gasteiger partial charge on any atom is 0.177 e. The Morgan fingerprint density at radius 2 is 1.79 bits per heavy atom. The van der Waals surface area contributed by atoms with Gasteiger partial charge in [0.15, 0.2) is 6.29 Å². The molecule has 0 spiro atoms. The fourth-order valence-corrected chi connectivity index (χ4v) is 3.21. The molecule has 1 unspecified atom stereocenters. The molecule has 0 aromatic rings. The molecule has 0 radical (unpaired) electrons. The second kappa shape index (κ2) is 10.9. The second-order valence-electron chi connectivity index (χ2n) is 7.03. The number of ether oxygens (including phenoxy) is 2. The lowest BCUT2D eigenvalue weighted by atomic mass is 9.74. The summed E-state index contributed by atoms with van der Waals surface area (Å²) < 4.78 is 11.9. The summed E-state index contributed by atoms with van der Waals surface area (Å²) in [5.41, 5.74) is 2.05. The molecule has 24 heavy (non-hydrogen) atoms. The third kappa shape index (κ3) is 5.58. The molecule has 1 aliphatic rings. The minimum Gasteiger partial charge on any atom is -0.386 e. The van der Waals surface area contributed by atoms with Crippen LogP contribution in [0.3, 0.4) is 0 Å². The van der Waals surface area contributed by atoms with Crippen molar-refractivity contribution in [3.8, 4) is 0 Å². The van der Waals surface area contributed by atoms with Crippen LogP contribution in [0.25, 0.3) is 0 Å². The number of hydrogen-bond acceptors (Lipinski definition) is 3. The molecule has 1 N–H and O–H groups in total. The van der Waals surface area contributed by atoms with Crippen LogP contribution in [0.2, 0.25) is 0 Å². The maximum atomic E-state index is 10.9. The molecular weight excluding hydrogens is 300 g/mol. The normalized spacial score (nSPS) is 28.2. The maximum absolute atomic E-state index is 10.9. The van der Waals surface area contributed by atoms with Gasteiger partial charge in [-0.15, -0.1) is 13.2 Å². The van der Waals surface area contributed by atoms with Gasteiger partial charge in [0.1, 0.15) is 6.10 Å². The van der Waals surface area contributed by atoms with Crippen LogP contribution < -0.4 is 0 Å². The zero-order valence-electron chi connectivity index (χ0n) is 16.6. The van der Waals surface area contributed by atoms with Gasteiger partial charge in [-0.3, -0.25) is 0 Å². The molecule has 0 bridgehead atoms. The van der Waals surface area contributed by atoms with Gasteiger partial charge in [-0.1, -0.05) is 46.3 Å². The van der Waals surface area contributed by atoms with Crippen LogP contribution in [0, 0.1) is 5.41 Å². The van der Waals surface area contributed by atoms with E-state index in [4.69, 9.17) is 9.47 Å². The van der Waals surface area contributed by atoms with Crippen molar-refractivity contribution in [1.82, 2.24) is 0 Å². The third-order valence-electron chi connectivity index (χ3n) is 5.01. The summed E-state index contributed by atoms with van der Waals surface area (Å²) in [6.45, 7) is 22.4. The van der Waals surface area contributed by atoms with Crippen molar-refractivity contribution in [2.75, 3.05) is 0 Å². The molecule has 1 heterocycles. The van der Waals surface area contributed by atoms with E-state index in [0.717, 1.165) is 31.3 Å². The van der Waals surface area contributed by atoms with E-state index in [1.807, 2.05) is 6.92 Å². The van der Waals surface area contributed by atoms with Gasteiger partial charge in [-0.25, -0.2) is 0 Å². The molecule has 1 aliphatic heterocycles. The molecular formula is C21H38O3. The molecule has 3 nitrogen and oxygen atoms in total. The standard InChI is InChI=1S/C19H34O3.C2H4/c1-8-11-12-13(4)14(5)17(20)18-19(6,7)15(9-2)21-16(10-3)22-18;1-2/h10,15-18,20H,3,8-9,11-12H2,1-2,4-7H3;1-2H2/b14-13+;/t15-,16?,17-,18-;/m0./s1. The van der Waals surface area contributed by atoms with Crippen LogP contribution in [0.15, 0.2) is 37.0 Å². The first-order chi connectivity index (χ1) is 11.3. The molecule has 0 aromatic carbocycles. The number of aliphatic hydroxyl groups is 1. The van der Waals surface area contributed by atoms with E-state index in [2.05, 4.69) is 54.4 Å². The van der Waals surface area contributed by atoms with Crippen LogP contribution in [-0.4, -0.2) is 29.7 Å². The third-order valence-corrected chi connectivity index (χ3v) is 5.01. The Morgan fingerprint density at radius 3 is 2.25 bits per heavy atom. The molecule has 3 heteroatoms. The van der Waals surface area contributed by atoms with Crippen molar-refractivity contribution < 1.29 is 14.6 Å². The Kier molecular flexibility index (Phi) is 10.5. The van der Waals surface area contributed by atoms with Gasteiger partial charge >= 0.3 is 0 Å². The van der Waals surface area contributed by atoms with Crippen molar-refractivity contribution in [2.24, 2.45) is 5.41 Å². The molecule has 1 saturated heterocycles. The van der Waals surface area contributed by atoms with Crippen LogP contribution >= 0.6 is 0 Å². The van der Waals surface area contributed by atoms with Gasteiger partial charge < -0.3 is 14.6 Å². The SMILES string of the molecule is C=C.C=CC1O[C@@H](CC)C(C)(C)[C@H]([C@@H](O)/C(C)=C(\C)CCCC)O1. The first-order valence-electron chi connectivity index (χ1n) is 9.07. The minimum atomic E-state index is -0.604. The van der Waals surface area contributed by atoms with E-state index in [1.165, 1.54) is 5.57 Å². The van der Waals surface area contributed by atoms with Crippen LogP contribution in [0.4, 0.5) is 0 Å². The Morgan fingerprint density at radius 1 is 1.21 bits per heavy atom. The smallest absolute Gasteiger partial charge is 0.177 e. The molecule has 1 rings (SSSR count). The Balaban J connectivity index is 0.00000254. The summed E-state index contributed by atoms with van der Waals surface area (Å²) in [7, 11) is 0. The van der Waals surface area contributed by atoms with Gasteiger partial charge in [-0.05, 0) is 44.8 Å². The molecule has 0 aromatic heterocycles. The number of unbranched alkanes of at least 4 members (excludes halogenated alkanes) is 1. The number of rotatable bonds is 7. The number of allylic oxidation sites excluding steroid dienone is 1. The van der Waals surface area contributed by atoms with E-state index in [0.29, 0.717) is 0 Å². The van der Waals surface area contributed by atoms with Gasteiger partial charge in [0, 0.05) is 5.41 Å². The monoisotopic (exact) mass is 338 g/mol. The average molecular weight is 339 g/mol. The molecule has 4 atom stereocenters. The summed E-state index contributed by atoms with van der Waals surface area (Å²) >= 11 is 0. The van der Waals surface area contributed by atoms with Crippen LogP contribution in [0.1, 0.15) is 67.2 Å². The summed E-state index contributed by atoms with van der Waals surface area (Å²) in [6, 6.07) is 0. The van der Waals surface area contributed by atoms with Crippen LogP contribution in [-0.2, 0) is 9.47 Å². The van der Waals surface area contributed by atoms with Gasteiger partial charge in [-0.2, -0.15) is 0 Å². The quantitative estimate of drug-likeness (QED) is 0.631. The van der Waals surface area contributed by atoms with Gasteiger partial charge in [0.2, 0.25) is 0 Å². The lowest BCUT2D eigenvalue weighted by molar-refractivity contribution is -0.289. The lowest BCUT2D eigenvalue weighted by Gasteiger charge is -2.48. The van der Waals surface area contributed by atoms with E-state index < -0.39 is 12.4 Å². The van der Waals surface area contributed by atoms with E-state index >= 15 is 0 Å². The highest BCUT2D eigenvalue weighted by atomic mass is 16.7. The van der Waals surface area contributed by atoms with E-state index in [1.54, 1.807) is 6.08 Å². The first-order valence-corrected chi connectivity index (χ1v) is 9.07. The fourth-order valence-electron chi connectivity index (χ4n) is 3.21. The highest BCUT2D eigenvalue weighted by Gasteiger charge is 2.47. The summed E-state index contributed by atoms with van der Waals surface area (Å²) in [4.78, 5) is 0. The topological polar surface area (TPSA) is 38.7 Å². The highest BCUT2D eigenvalue weighted by molar-refractivity contribution is 5.18. The Labute approximate surface area is 149 Å². The predicted octanol–water partition coefficient (Wildman–Crippen LogP) is 5.41. The van der Waals surface area contributed by atoms with E-state index in [-0.39, 0.29) is 17.6 Å². The first kappa shape index (κ1) is 23.1. The zero-order chi connectivity index (χ0) is 18.9. The average Bonchev–Trinajstić information content (AvgIpc) is 2.59. The summed E-state index contributed by atoms with van der Waals surface area (Å²) in [5.74, 6) is 0. The fraction of sp³-hybridized carbons (Fsp3) is 0.714. The van der Waals surface area contributed by atoms with Crippen molar-refractivity contribution >= 4 is 0 Å².